The highest BCUT2D eigenvalue weighted by Crippen LogP contribution is 2.12. The van der Waals surface area contributed by atoms with Gasteiger partial charge in [0.15, 0.2) is 0 Å². The topological polar surface area (TPSA) is 41.6 Å². The molecule has 0 unspecified atom stereocenters. The molecule has 2 rings (SSSR count). The van der Waals surface area contributed by atoms with Gasteiger partial charge in [-0.3, -0.25) is 0 Å². The Morgan fingerprint density at radius 3 is 2.39 bits per heavy atom. The molecule has 2 aromatic carbocycles. The fraction of sp³-hybridized carbons (Fsp3) is 0.278. The van der Waals surface area contributed by atoms with Crippen molar-refractivity contribution in [3.05, 3.63) is 65.5 Å². The van der Waals surface area contributed by atoms with Crippen molar-refractivity contribution in [2.45, 2.75) is 13.5 Å². The Morgan fingerprint density at radius 2 is 1.78 bits per heavy atom. The van der Waals surface area contributed by atoms with E-state index in [4.69, 9.17) is 4.74 Å². The van der Waals surface area contributed by atoms with E-state index in [2.05, 4.69) is 5.32 Å². The highest BCUT2D eigenvalue weighted by molar-refractivity contribution is 5.89. The second-order valence-electron chi connectivity index (χ2n) is 5.34. The molecule has 0 saturated heterocycles. The summed E-state index contributed by atoms with van der Waals surface area (Å²) in [6, 6.07) is 13.5. The summed E-state index contributed by atoms with van der Waals surface area (Å²) in [5, 5.41) is 2.87. The molecule has 0 atom stereocenters. The first-order valence-corrected chi connectivity index (χ1v) is 7.44. The standard InChI is InChI=1S/C18H21FN2O2/c1-14-3-9-17(10-4-14)20-18(22)21(11-12-23-2)13-15-5-7-16(19)8-6-15/h3-10H,11-13H2,1-2H3,(H,20,22). The number of nitrogens with one attached hydrogen (secondary N) is 1. The van der Waals surface area contributed by atoms with Crippen LogP contribution >= 0.6 is 0 Å². The smallest absolute Gasteiger partial charge is 0.322 e. The van der Waals surface area contributed by atoms with E-state index in [0.717, 1.165) is 16.8 Å². The summed E-state index contributed by atoms with van der Waals surface area (Å²) in [5.41, 5.74) is 2.73. The Morgan fingerprint density at radius 1 is 1.13 bits per heavy atom. The molecule has 0 aliphatic rings. The second kappa shape index (κ2) is 8.29. The van der Waals surface area contributed by atoms with Gasteiger partial charge in [-0.1, -0.05) is 29.8 Å². The zero-order chi connectivity index (χ0) is 16.7. The maximum absolute atomic E-state index is 13.0. The van der Waals surface area contributed by atoms with Gasteiger partial charge in [0, 0.05) is 25.9 Å². The normalized spacial score (nSPS) is 10.4. The monoisotopic (exact) mass is 316 g/mol. The van der Waals surface area contributed by atoms with Gasteiger partial charge in [-0.15, -0.1) is 0 Å². The number of anilines is 1. The van der Waals surface area contributed by atoms with E-state index in [0.29, 0.717) is 19.7 Å². The summed E-state index contributed by atoms with van der Waals surface area (Å²) >= 11 is 0. The van der Waals surface area contributed by atoms with E-state index < -0.39 is 0 Å². The van der Waals surface area contributed by atoms with E-state index in [9.17, 15) is 9.18 Å². The molecule has 2 aromatic rings. The predicted molar refractivity (Wildman–Crippen MR) is 88.9 cm³/mol. The van der Waals surface area contributed by atoms with Gasteiger partial charge in [0.1, 0.15) is 5.82 Å². The molecule has 0 radical (unpaired) electrons. The number of amides is 2. The number of aryl methyl sites for hydroxylation is 1. The number of carbonyl (C=O) groups is 1. The third-order valence-electron chi connectivity index (χ3n) is 3.44. The summed E-state index contributed by atoms with van der Waals surface area (Å²) in [5.74, 6) is -0.290. The molecule has 1 N–H and O–H groups in total. The van der Waals surface area contributed by atoms with Gasteiger partial charge in [-0.2, -0.15) is 0 Å². The lowest BCUT2D eigenvalue weighted by atomic mass is 10.2. The van der Waals surface area contributed by atoms with E-state index in [1.54, 1.807) is 24.1 Å². The SMILES string of the molecule is COCCN(Cc1ccc(F)cc1)C(=O)Nc1ccc(C)cc1. The van der Waals surface area contributed by atoms with Crippen molar-refractivity contribution in [2.75, 3.05) is 25.6 Å². The van der Waals surface area contributed by atoms with Gasteiger partial charge in [0.2, 0.25) is 0 Å². The van der Waals surface area contributed by atoms with Gasteiger partial charge >= 0.3 is 6.03 Å². The molecule has 0 heterocycles. The van der Waals surface area contributed by atoms with Crippen molar-refractivity contribution in [2.24, 2.45) is 0 Å². The summed E-state index contributed by atoms with van der Waals surface area (Å²) in [7, 11) is 1.59. The first-order valence-electron chi connectivity index (χ1n) is 7.44. The molecule has 5 heteroatoms. The number of urea groups is 1. The Labute approximate surface area is 135 Å². The van der Waals surface area contributed by atoms with Crippen molar-refractivity contribution in [3.63, 3.8) is 0 Å². The lowest BCUT2D eigenvalue weighted by Gasteiger charge is -2.23. The van der Waals surface area contributed by atoms with Crippen LogP contribution < -0.4 is 5.32 Å². The molecule has 0 aliphatic heterocycles. The van der Waals surface area contributed by atoms with Crippen molar-refractivity contribution in [1.82, 2.24) is 4.90 Å². The molecule has 0 fully saturated rings. The number of nitrogens with zero attached hydrogens (tertiary/aromatic N) is 1. The Balaban J connectivity index is 2.05. The average molecular weight is 316 g/mol. The number of carbonyl (C=O) groups excluding carboxylic acids is 1. The maximum Gasteiger partial charge on any atom is 0.322 e. The predicted octanol–water partition coefficient (Wildman–Crippen LogP) is 3.81. The summed E-state index contributed by atoms with van der Waals surface area (Å²) < 4.78 is 18.1. The molecule has 0 aromatic heterocycles. The number of halogens is 1. The molecular weight excluding hydrogens is 295 g/mol. The Hall–Kier alpha value is -2.40. The second-order valence-corrected chi connectivity index (χ2v) is 5.34. The number of rotatable bonds is 6. The summed E-state index contributed by atoms with van der Waals surface area (Å²) in [4.78, 5) is 14.1. The van der Waals surface area contributed by atoms with Crippen LogP contribution in [0, 0.1) is 12.7 Å². The van der Waals surface area contributed by atoms with Crippen molar-refractivity contribution >= 4 is 11.7 Å². The summed E-state index contributed by atoms with van der Waals surface area (Å²) in [6.45, 7) is 3.26. The van der Waals surface area contributed by atoms with Crippen LogP contribution in [0.2, 0.25) is 0 Å². The summed E-state index contributed by atoms with van der Waals surface area (Å²) in [6.07, 6.45) is 0. The van der Waals surface area contributed by atoms with E-state index in [-0.39, 0.29) is 11.8 Å². The van der Waals surface area contributed by atoms with Crippen LogP contribution in [0.4, 0.5) is 14.9 Å². The van der Waals surface area contributed by atoms with Crippen LogP contribution in [-0.2, 0) is 11.3 Å². The van der Waals surface area contributed by atoms with E-state index in [1.807, 2.05) is 31.2 Å². The molecule has 0 bridgehead atoms. The molecule has 0 aliphatic carbocycles. The third kappa shape index (κ3) is 5.38. The van der Waals surface area contributed by atoms with Crippen molar-refractivity contribution in [1.29, 1.82) is 0 Å². The minimum atomic E-state index is -0.290. The van der Waals surface area contributed by atoms with Gasteiger partial charge in [0.05, 0.1) is 6.61 Å². The number of benzene rings is 2. The number of hydrogen-bond donors (Lipinski definition) is 1. The van der Waals surface area contributed by atoms with Crippen LogP contribution in [0.1, 0.15) is 11.1 Å². The van der Waals surface area contributed by atoms with Crippen molar-refractivity contribution in [3.8, 4) is 0 Å². The highest BCUT2D eigenvalue weighted by atomic mass is 19.1. The lowest BCUT2D eigenvalue weighted by molar-refractivity contribution is 0.153. The molecule has 0 spiro atoms. The van der Waals surface area contributed by atoms with Crippen LogP contribution in [0.3, 0.4) is 0 Å². The Bertz CT molecular complexity index is 626. The lowest BCUT2D eigenvalue weighted by Crippen LogP contribution is -2.36. The van der Waals surface area contributed by atoms with Crippen LogP contribution in [0.15, 0.2) is 48.5 Å². The highest BCUT2D eigenvalue weighted by Gasteiger charge is 2.14. The largest absolute Gasteiger partial charge is 0.383 e. The van der Waals surface area contributed by atoms with Crippen LogP contribution in [0.5, 0.6) is 0 Å². The number of hydrogen-bond acceptors (Lipinski definition) is 2. The quantitative estimate of drug-likeness (QED) is 0.880. The van der Waals surface area contributed by atoms with Crippen LogP contribution in [-0.4, -0.2) is 31.2 Å². The van der Waals surface area contributed by atoms with Crippen LogP contribution in [0.25, 0.3) is 0 Å². The van der Waals surface area contributed by atoms with Gasteiger partial charge in [-0.25, -0.2) is 9.18 Å². The number of ether oxygens (including phenoxy) is 1. The fourth-order valence-corrected chi connectivity index (χ4v) is 2.10. The van der Waals surface area contributed by atoms with E-state index >= 15 is 0 Å². The molecule has 23 heavy (non-hydrogen) atoms. The van der Waals surface area contributed by atoms with Crippen molar-refractivity contribution < 1.29 is 13.9 Å². The minimum absolute atomic E-state index is 0.213. The minimum Gasteiger partial charge on any atom is -0.383 e. The first-order chi connectivity index (χ1) is 11.1. The maximum atomic E-state index is 13.0. The molecule has 4 nitrogen and oxygen atoms in total. The molecule has 2 amide bonds. The zero-order valence-electron chi connectivity index (χ0n) is 13.4. The number of methoxy groups -OCH3 is 1. The fourth-order valence-electron chi connectivity index (χ4n) is 2.10. The van der Waals surface area contributed by atoms with E-state index in [1.165, 1.54) is 12.1 Å². The third-order valence-corrected chi connectivity index (χ3v) is 3.44. The molecule has 0 saturated carbocycles. The van der Waals surface area contributed by atoms with Gasteiger partial charge in [0.25, 0.3) is 0 Å². The first kappa shape index (κ1) is 17.0. The van der Waals surface area contributed by atoms with Gasteiger partial charge < -0.3 is 15.0 Å². The van der Waals surface area contributed by atoms with Gasteiger partial charge in [-0.05, 0) is 36.8 Å². The zero-order valence-corrected chi connectivity index (χ0v) is 13.4. The molecule has 122 valence electrons. The Kier molecular flexibility index (Phi) is 6.11. The average Bonchev–Trinajstić information content (AvgIpc) is 2.55. The molecular formula is C18H21FN2O2.